The third-order valence-electron chi connectivity index (χ3n) is 4.37. The summed E-state index contributed by atoms with van der Waals surface area (Å²) >= 11 is 0. The number of piperidine rings is 1. The van der Waals surface area contributed by atoms with E-state index >= 15 is 0 Å². The second kappa shape index (κ2) is 7.99. The first-order valence-electron chi connectivity index (χ1n) is 9.17. The molecule has 1 saturated heterocycles. The summed E-state index contributed by atoms with van der Waals surface area (Å²) in [5.41, 5.74) is 2.18. The van der Waals surface area contributed by atoms with E-state index in [-0.39, 0.29) is 6.09 Å². The summed E-state index contributed by atoms with van der Waals surface area (Å²) in [6, 6.07) is 7.82. The highest BCUT2D eigenvalue weighted by molar-refractivity contribution is 5.73. The Labute approximate surface area is 154 Å². The first kappa shape index (κ1) is 18.6. The van der Waals surface area contributed by atoms with Crippen molar-refractivity contribution in [1.82, 2.24) is 14.9 Å². The van der Waals surface area contributed by atoms with Crippen LogP contribution in [-0.4, -0.2) is 46.3 Å². The fourth-order valence-electron chi connectivity index (χ4n) is 3.00. The molecular weight excluding hydrogens is 330 g/mol. The number of carbonyl (C=O) groups excluding carboxylic acids is 1. The zero-order chi connectivity index (χ0) is 18.6. The minimum Gasteiger partial charge on any atom is -0.444 e. The Hall–Kier alpha value is -2.21. The maximum atomic E-state index is 12.1. The van der Waals surface area contributed by atoms with Crippen molar-refractivity contribution in [2.24, 2.45) is 5.92 Å². The van der Waals surface area contributed by atoms with Gasteiger partial charge in [0.25, 0.3) is 0 Å². The molecule has 1 aliphatic rings. The lowest BCUT2D eigenvalue weighted by Crippen LogP contribution is -2.42. The normalized spacial score (nSPS) is 16.0. The number of ether oxygens (including phenoxy) is 2. The molecule has 0 spiro atoms. The number of hydrogen-bond acceptors (Lipinski definition) is 5. The van der Waals surface area contributed by atoms with E-state index < -0.39 is 5.60 Å². The van der Waals surface area contributed by atoms with Gasteiger partial charge in [-0.2, -0.15) is 0 Å². The molecule has 1 aromatic heterocycles. The molecule has 6 heteroatoms. The number of fused-ring (bicyclic) bond motifs is 1. The van der Waals surface area contributed by atoms with Gasteiger partial charge < -0.3 is 14.4 Å². The van der Waals surface area contributed by atoms with Crippen LogP contribution in [0.25, 0.3) is 11.0 Å². The van der Waals surface area contributed by atoms with Gasteiger partial charge in [0, 0.05) is 13.1 Å². The second-order valence-corrected chi connectivity index (χ2v) is 7.78. The number of carbonyl (C=O) groups is 1. The van der Waals surface area contributed by atoms with Crippen molar-refractivity contribution >= 4 is 17.1 Å². The Morgan fingerprint density at radius 3 is 2.58 bits per heavy atom. The van der Waals surface area contributed by atoms with Crippen molar-refractivity contribution in [2.45, 2.75) is 45.8 Å². The van der Waals surface area contributed by atoms with Gasteiger partial charge in [-0.25, -0.2) is 9.78 Å². The lowest BCUT2D eigenvalue weighted by molar-refractivity contribution is 0.0103. The predicted octanol–water partition coefficient (Wildman–Crippen LogP) is 3.79. The number of para-hydroxylation sites is 2. The van der Waals surface area contributed by atoms with E-state index in [0.717, 1.165) is 42.7 Å². The van der Waals surface area contributed by atoms with Gasteiger partial charge >= 0.3 is 6.09 Å². The third kappa shape index (κ3) is 5.14. The standard InChI is InChI=1S/C20H27N3O3/c1-20(2,3)26-19(24)23-10-8-15(9-11-23)13-25-14-16-12-21-17-6-4-5-7-18(17)22-16/h4-7,12,15H,8-11,13-14H2,1-3H3. The largest absolute Gasteiger partial charge is 0.444 e. The number of rotatable bonds is 4. The minimum absolute atomic E-state index is 0.219. The summed E-state index contributed by atoms with van der Waals surface area (Å²) < 4.78 is 11.3. The average Bonchev–Trinajstić information content (AvgIpc) is 2.61. The van der Waals surface area contributed by atoms with Crippen molar-refractivity contribution < 1.29 is 14.3 Å². The minimum atomic E-state index is -0.446. The van der Waals surface area contributed by atoms with Gasteiger partial charge in [-0.1, -0.05) is 12.1 Å². The zero-order valence-electron chi connectivity index (χ0n) is 15.8. The Morgan fingerprint density at radius 2 is 1.88 bits per heavy atom. The van der Waals surface area contributed by atoms with Crippen LogP contribution in [0, 0.1) is 5.92 Å². The van der Waals surface area contributed by atoms with Crippen LogP contribution in [0.1, 0.15) is 39.3 Å². The molecule has 2 aromatic rings. The van der Waals surface area contributed by atoms with Gasteiger partial charge in [-0.05, 0) is 51.7 Å². The molecule has 0 unspecified atom stereocenters. The Bertz CT molecular complexity index is 749. The molecule has 0 aliphatic carbocycles. The van der Waals surface area contributed by atoms with Gasteiger partial charge in [0.1, 0.15) is 5.60 Å². The third-order valence-corrected chi connectivity index (χ3v) is 4.37. The van der Waals surface area contributed by atoms with Crippen LogP contribution in [0.4, 0.5) is 4.79 Å². The second-order valence-electron chi connectivity index (χ2n) is 7.78. The average molecular weight is 357 g/mol. The van der Waals surface area contributed by atoms with Crippen molar-refractivity contribution in [3.63, 3.8) is 0 Å². The molecule has 0 N–H and O–H groups in total. The lowest BCUT2D eigenvalue weighted by atomic mass is 9.98. The Morgan fingerprint density at radius 1 is 1.19 bits per heavy atom. The number of benzene rings is 1. The molecule has 6 nitrogen and oxygen atoms in total. The lowest BCUT2D eigenvalue weighted by Gasteiger charge is -2.33. The number of aromatic nitrogens is 2. The molecule has 0 radical (unpaired) electrons. The molecule has 1 fully saturated rings. The van der Waals surface area contributed by atoms with Crippen molar-refractivity contribution in [3.05, 3.63) is 36.2 Å². The molecule has 1 aromatic carbocycles. The Balaban J connectivity index is 1.41. The summed E-state index contributed by atoms with van der Waals surface area (Å²) in [5.74, 6) is 0.460. The Kier molecular flexibility index (Phi) is 5.71. The number of nitrogens with zero attached hydrogens (tertiary/aromatic N) is 3. The highest BCUT2D eigenvalue weighted by Gasteiger charge is 2.26. The van der Waals surface area contributed by atoms with E-state index in [4.69, 9.17) is 9.47 Å². The van der Waals surface area contributed by atoms with Gasteiger partial charge in [0.2, 0.25) is 0 Å². The monoisotopic (exact) mass is 357 g/mol. The molecule has 140 valence electrons. The van der Waals surface area contributed by atoms with Crippen LogP contribution in [0.2, 0.25) is 0 Å². The SMILES string of the molecule is CC(C)(C)OC(=O)N1CCC(COCc2cnc3ccccc3n2)CC1. The summed E-state index contributed by atoms with van der Waals surface area (Å²) in [6.07, 6.45) is 3.42. The van der Waals surface area contributed by atoms with E-state index in [1.165, 1.54) is 0 Å². The highest BCUT2D eigenvalue weighted by atomic mass is 16.6. The molecule has 1 amide bonds. The van der Waals surface area contributed by atoms with E-state index in [0.29, 0.717) is 19.1 Å². The first-order valence-corrected chi connectivity index (χ1v) is 9.17. The molecule has 1 aliphatic heterocycles. The number of amides is 1. The summed E-state index contributed by atoms with van der Waals surface area (Å²) in [7, 11) is 0. The fourth-order valence-corrected chi connectivity index (χ4v) is 3.00. The van der Waals surface area contributed by atoms with E-state index in [2.05, 4.69) is 9.97 Å². The van der Waals surface area contributed by atoms with E-state index in [9.17, 15) is 4.79 Å². The van der Waals surface area contributed by atoms with Gasteiger partial charge in [0.05, 0.1) is 36.1 Å². The van der Waals surface area contributed by atoms with Crippen LogP contribution in [0.15, 0.2) is 30.5 Å². The maximum Gasteiger partial charge on any atom is 0.410 e. The zero-order valence-corrected chi connectivity index (χ0v) is 15.8. The highest BCUT2D eigenvalue weighted by Crippen LogP contribution is 2.20. The first-order chi connectivity index (χ1) is 12.4. The van der Waals surface area contributed by atoms with E-state index in [1.807, 2.05) is 45.0 Å². The summed E-state index contributed by atoms with van der Waals surface area (Å²) in [6.45, 7) is 8.25. The topological polar surface area (TPSA) is 64.5 Å². The maximum absolute atomic E-state index is 12.1. The summed E-state index contributed by atoms with van der Waals surface area (Å²) in [5, 5.41) is 0. The molecule has 3 rings (SSSR count). The van der Waals surface area contributed by atoms with Gasteiger partial charge in [-0.15, -0.1) is 0 Å². The molecule has 2 heterocycles. The van der Waals surface area contributed by atoms with E-state index in [1.54, 1.807) is 11.1 Å². The van der Waals surface area contributed by atoms with Crippen molar-refractivity contribution in [2.75, 3.05) is 19.7 Å². The number of likely N-dealkylation sites (tertiary alicyclic amines) is 1. The molecule has 0 bridgehead atoms. The van der Waals surface area contributed by atoms with Crippen LogP contribution in [0.5, 0.6) is 0 Å². The molecule has 26 heavy (non-hydrogen) atoms. The van der Waals surface area contributed by atoms with Crippen molar-refractivity contribution in [1.29, 1.82) is 0 Å². The predicted molar refractivity (Wildman–Crippen MR) is 99.7 cm³/mol. The molecular formula is C20H27N3O3. The van der Waals surface area contributed by atoms with Gasteiger partial charge in [0.15, 0.2) is 0 Å². The quantitative estimate of drug-likeness (QED) is 0.833. The molecule has 0 atom stereocenters. The van der Waals surface area contributed by atoms with Crippen LogP contribution in [0.3, 0.4) is 0 Å². The van der Waals surface area contributed by atoms with Crippen LogP contribution < -0.4 is 0 Å². The smallest absolute Gasteiger partial charge is 0.410 e. The van der Waals surface area contributed by atoms with Gasteiger partial charge in [-0.3, -0.25) is 4.98 Å². The number of hydrogen-bond donors (Lipinski definition) is 0. The van der Waals surface area contributed by atoms with Crippen molar-refractivity contribution in [3.8, 4) is 0 Å². The summed E-state index contributed by atoms with van der Waals surface area (Å²) in [4.78, 5) is 22.8. The van der Waals surface area contributed by atoms with Crippen LogP contribution in [-0.2, 0) is 16.1 Å². The fraction of sp³-hybridized carbons (Fsp3) is 0.550. The molecule has 0 saturated carbocycles. The van der Waals surface area contributed by atoms with Crippen LogP contribution >= 0.6 is 0 Å².